The third-order valence-corrected chi connectivity index (χ3v) is 5.91. The second-order valence-corrected chi connectivity index (χ2v) is 8.31. The molecule has 14 heteroatoms. The summed E-state index contributed by atoms with van der Waals surface area (Å²) in [6.45, 7) is -0.588. The summed E-state index contributed by atoms with van der Waals surface area (Å²) in [5, 5.41) is 6.04. The highest BCUT2D eigenvalue weighted by molar-refractivity contribution is 6.48. The molecule has 0 aliphatic carbocycles. The van der Waals surface area contributed by atoms with Crippen LogP contribution in [0.5, 0.6) is 0 Å². The Bertz CT molecular complexity index is 1250. The average molecular weight is 561 g/mol. The minimum atomic E-state index is -5.11. The van der Waals surface area contributed by atoms with E-state index in [9.17, 15) is 35.5 Å². The van der Waals surface area contributed by atoms with E-state index in [2.05, 4.69) is 10.3 Å². The lowest BCUT2D eigenvalue weighted by molar-refractivity contribution is -0.140. The van der Waals surface area contributed by atoms with Crippen LogP contribution in [0, 0.1) is 0 Å². The average Bonchev–Trinajstić information content (AvgIpc) is 3.26. The van der Waals surface area contributed by atoms with Crippen LogP contribution < -0.4 is 0 Å². The first-order chi connectivity index (χ1) is 16.2. The molecule has 0 saturated heterocycles. The highest BCUT2D eigenvalue weighted by Gasteiger charge is 2.41. The number of aromatic nitrogens is 3. The Morgan fingerprint density at radius 3 is 2.17 bits per heavy atom. The molecule has 0 aliphatic rings. The van der Waals surface area contributed by atoms with Gasteiger partial charge in [0.25, 0.3) is 0 Å². The van der Waals surface area contributed by atoms with Gasteiger partial charge in [-0.25, -0.2) is 9.07 Å². The normalized spacial score (nSPS) is 13.7. The van der Waals surface area contributed by atoms with Crippen molar-refractivity contribution in [1.82, 2.24) is 15.0 Å². The molecule has 186 valence electrons. The van der Waals surface area contributed by atoms with E-state index in [-0.39, 0.29) is 27.2 Å². The second-order valence-electron chi connectivity index (χ2n) is 7.11. The number of hydrogen-bond acceptors (Lipinski definition) is 3. The number of carbonyl (C=O) groups is 1. The first-order valence-corrected chi connectivity index (χ1v) is 10.5. The maximum absolute atomic E-state index is 14.9. The van der Waals surface area contributed by atoms with E-state index in [1.54, 1.807) is 0 Å². The monoisotopic (exact) mass is 559 g/mol. The van der Waals surface area contributed by atoms with E-state index < -0.39 is 58.7 Å². The molecule has 1 unspecified atom stereocenters. The van der Waals surface area contributed by atoms with Crippen LogP contribution in [0.15, 0.2) is 48.8 Å². The van der Waals surface area contributed by atoms with Crippen LogP contribution in [-0.4, -0.2) is 27.0 Å². The molecule has 2 aromatic carbocycles. The standard InChI is InChI=1S/C21H11Cl3F7N3O/c22-15-6-11(7-16(23)19(15)24)13(20(26,27)28)8-17(25)10-1-2-12(14(5-10)21(29,30)31)18(35)9-34-4-3-32-33-34/h1-8,13H,9H2/b17-8-. The molecule has 1 atom stereocenters. The van der Waals surface area contributed by atoms with Gasteiger partial charge in [0.15, 0.2) is 5.78 Å². The lowest BCUT2D eigenvalue weighted by Crippen LogP contribution is -2.19. The van der Waals surface area contributed by atoms with Crippen LogP contribution in [-0.2, 0) is 12.7 Å². The second kappa shape index (κ2) is 10.2. The van der Waals surface area contributed by atoms with Crippen molar-refractivity contribution < 1.29 is 35.5 Å². The molecular weight excluding hydrogens is 550 g/mol. The van der Waals surface area contributed by atoms with Crippen LogP contribution in [0.25, 0.3) is 5.83 Å². The van der Waals surface area contributed by atoms with Crippen molar-refractivity contribution in [1.29, 1.82) is 0 Å². The highest BCUT2D eigenvalue weighted by Crippen LogP contribution is 2.42. The SMILES string of the molecule is O=C(Cn1ccnn1)c1ccc(/C(F)=C/C(c2cc(Cl)c(Cl)c(Cl)c2)C(F)(F)F)cc1C(F)(F)F. The topological polar surface area (TPSA) is 47.8 Å². The Labute approximate surface area is 207 Å². The zero-order valence-electron chi connectivity index (χ0n) is 16.9. The van der Waals surface area contributed by atoms with Crippen LogP contribution >= 0.6 is 34.8 Å². The van der Waals surface area contributed by atoms with E-state index in [1.807, 2.05) is 0 Å². The van der Waals surface area contributed by atoms with Crippen molar-refractivity contribution in [3.8, 4) is 0 Å². The molecule has 35 heavy (non-hydrogen) atoms. The summed E-state index contributed by atoms with van der Waals surface area (Å²) < 4.78 is 97.8. The van der Waals surface area contributed by atoms with E-state index in [0.717, 1.165) is 22.9 Å². The summed E-state index contributed by atoms with van der Waals surface area (Å²) in [4.78, 5) is 12.4. The van der Waals surface area contributed by atoms with Gasteiger partial charge < -0.3 is 0 Å². The van der Waals surface area contributed by atoms with Crippen LogP contribution in [0.3, 0.4) is 0 Å². The van der Waals surface area contributed by atoms with Gasteiger partial charge in [-0.1, -0.05) is 52.1 Å². The van der Waals surface area contributed by atoms with Gasteiger partial charge in [-0.15, -0.1) is 5.10 Å². The molecule has 0 bridgehead atoms. The van der Waals surface area contributed by atoms with E-state index in [4.69, 9.17) is 34.8 Å². The number of ketones is 1. The Kier molecular flexibility index (Phi) is 7.83. The van der Waals surface area contributed by atoms with Gasteiger partial charge in [0.1, 0.15) is 18.3 Å². The summed E-state index contributed by atoms with van der Waals surface area (Å²) in [6, 6.07) is 3.36. The number of halogens is 10. The molecule has 0 radical (unpaired) electrons. The number of Topliss-reactive ketones (excluding diaryl/α,β-unsaturated/α-hetero) is 1. The number of alkyl halides is 6. The quantitative estimate of drug-likeness (QED) is 0.176. The van der Waals surface area contributed by atoms with Gasteiger partial charge in [0, 0.05) is 17.3 Å². The van der Waals surface area contributed by atoms with Crippen molar-refractivity contribution in [2.45, 2.75) is 24.8 Å². The predicted molar refractivity (Wildman–Crippen MR) is 115 cm³/mol. The maximum atomic E-state index is 14.9. The number of nitrogens with zero attached hydrogens (tertiary/aromatic N) is 3. The minimum Gasteiger partial charge on any atom is -0.292 e. The Morgan fingerprint density at radius 2 is 1.66 bits per heavy atom. The highest BCUT2D eigenvalue weighted by atomic mass is 35.5. The summed E-state index contributed by atoms with van der Waals surface area (Å²) in [5.74, 6) is -5.24. The Hall–Kier alpha value is -2.63. The third kappa shape index (κ3) is 6.33. The van der Waals surface area contributed by atoms with Crippen molar-refractivity contribution in [3.05, 3.63) is 86.1 Å². The van der Waals surface area contributed by atoms with Crippen molar-refractivity contribution in [2.75, 3.05) is 0 Å². The first kappa shape index (κ1) is 27.0. The smallest absolute Gasteiger partial charge is 0.292 e. The maximum Gasteiger partial charge on any atom is 0.417 e. The summed E-state index contributed by atoms with van der Waals surface area (Å²) in [7, 11) is 0. The number of carbonyl (C=O) groups excluding carboxylic acids is 1. The number of allylic oxidation sites excluding steroid dienone is 1. The fraction of sp³-hybridized carbons (Fsp3) is 0.190. The van der Waals surface area contributed by atoms with Gasteiger partial charge in [0.2, 0.25) is 0 Å². The van der Waals surface area contributed by atoms with Gasteiger partial charge in [-0.05, 0) is 29.8 Å². The van der Waals surface area contributed by atoms with E-state index >= 15 is 0 Å². The van der Waals surface area contributed by atoms with Gasteiger partial charge >= 0.3 is 12.4 Å². The molecule has 0 N–H and O–H groups in total. The molecule has 1 heterocycles. The molecule has 0 aliphatic heterocycles. The number of rotatable bonds is 6. The Morgan fingerprint density at radius 1 is 1.03 bits per heavy atom. The van der Waals surface area contributed by atoms with Gasteiger partial charge in [-0.2, -0.15) is 26.3 Å². The van der Waals surface area contributed by atoms with Crippen LogP contribution in [0.2, 0.25) is 15.1 Å². The minimum absolute atomic E-state index is 0.0856. The largest absolute Gasteiger partial charge is 0.417 e. The molecular formula is C21H11Cl3F7N3O. The first-order valence-electron chi connectivity index (χ1n) is 9.36. The molecule has 0 saturated carbocycles. The summed E-state index contributed by atoms with van der Waals surface area (Å²) in [5.41, 5.74) is -3.74. The number of benzene rings is 2. The lowest BCUT2D eigenvalue weighted by atomic mass is 9.95. The molecule has 0 amide bonds. The van der Waals surface area contributed by atoms with Crippen molar-refractivity contribution >= 4 is 46.4 Å². The van der Waals surface area contributed by atoms with Crippen LogP contribution in [0.4, 0.5) is 30.7 Å². The fourth-order valence-corrected chi connectivity index (χ4v) is 3.71. The van der Waals surface area contributed by atoms with Gasteiger partial charge in [-0.3, -0.25) is 4.79 Å². The molecule has 3 rings (SSSR count). The molecule has 3 aromatic rings. The predicted octanol–water partition coefficient (Wildman–Crippen LogP) is 7.80. The molecule has 0 spiro atoms. The van der Waals surface area contributed by atoms with Crippen molar-refractivity contribution in [2.24, 2.45) is 0 Å². The zero-order chi connectivity index (χ0) is 26.1. The van der Waals surface area contributed by atoms with E-state index in [1.165, 1.54) is 12.4 Å². The molecule has 4 nitrogen and oxygen atoms in total. The molecule has 0 fully saturated rings. The van der Waals surface area contributed by atoms with Crippen molar-refractivity contribution in [3.63, 3.8) is 0 Å². The van der Waals surface area contributed by atoms with Crippen LogP contribution in [0.1, 0.15) is 33.0 Å². The van der Waals surface area contributed by atoms with E-state index in [0.29, 0.717) is 6.07 Å². The third-order valence-electron chi connectivity index (χ3n) is 4.71. The lowest BCUT2D eigenvalue weighted by Gasteiger charge is -2.19. The summed E-state index contributed by atoms with van der Waals surface area (Å²) >= 11 is 17.3. The number of hydrogen-bond donors (Lipinski definition) is 0. The van der Waals surface area contributed by atoms with Gasteiger partial charge in [0.05, 0.1) is 26.8 Å². The summed E-state index contributed by atoms with van der Waals surface area (Å²) in [6.07, 6.45) is -7.63. The molecule has 1 aromatic heterocycles. The fourth-order valence-electron chi connectivity index (χ4n) is 3.10. The zero-order valence-corrected chi connectivity index (χ0v) is 19.2. The Balaban J connectivity index is 2.05.